The molecule has 6 heteroatoms. The van der Waals surface area contributed by atoms with Crippen LogP contribution in [0.1, 0.15) is 25.0 Å². The van der Waals surface area contributed by atoms with Crippen molar-refractivity contribution in [1.82, 2.24) is 4.90 Å². The Labute approximate surface area is 132 Å². The molecule has 0 aliphatic carbocycles. The van der Waals surface area contributed by atoms with E-state index in [1.807, 2.05) is 31.0 Å². The molecule has 0 amide bonds. The first-order valence-corrected chi connectivity index (χ1v) is 9.36. The zero-order valence-electron chi connectivity index (χ0n) is 12.9. The van der Waals surface area contributed by atoms with E-state index in [0.29, 0.717) is 18.2 Å². The van der Waals surface area contributed by atoms with Gasteiger partial charge in [-0.2, -0.15) is 0 Å². The quantitative estimate of drug-likeness (QED) is 0.831. The van der Waals surface area contributed by atoms with Crippen molar-refractivity contribution in [2.24, 2.45) is 0 Å². The van der Waals surface area contributed by atoms with Crippen molar-refractivity contribution in [3.8, 4) is 5.75 Å². The Morgan fingerprint density at radius 3 is 2.67 bits per heavy atom. The van der Waals surface area contributed by atoms with Crippen molar-refractivity contribution in [2.75, 3.05) is 19.9 Å². The summed E-state index contributed by atoms with van der Waals surface area (Å²) < 4.78 is 29.1. The number of sulfone groups is 1. The number of ether oxygens (including phenoxy) is 1. The molecule has 2 atom stereocenters. The molecule has 0 radical (unpaired) electrons. The molecule has 4 nitrogen and oxygen atoms in total. The van der Waals surface area contributed by atoms with E-state index in [2.05, 4.69) is 0 Å². The zero-order chi connectivity index (χ0) is 15.8. The van der Waals surface area contributed by atoms with Crippen LogP contribution in [0.4, 0.5) is 0 Å². The van der Waals surface area contributed by atoms with E-state index in [4.69, 9.17) is 16.3 Å². The maximum atomic E-state index is 11.7. The highest BCUT2D eigenvalue weighted by atomic mass is 35.5. The van der Waals surface area contributed by atoms with Gasteiger partial charge < -0.3 is 4.74 Å². The second-order valence-electron chi connectivity index (χ2n) is 5.84. The number of fused-ring (bicyclic) bond motifs is 1. The van der Waals surface area contributed by atoms with Crippen LogP contribution in [0.15, 0.2) is 12.1 Å². The number of hydrogen-bond acceptors (Lipinski definition) is 4. The van der Waals surface area contributed by atoms with Crippen LogP contribution in [0.2, 0.25) is 5.02 Å². The third kappa shape index (κ3) is 3.71. The Balaban J connectivity index is 2.19. The van der Waals surface area contributed by atoms with Crippen LogP contribution in [-0.2, 0) is 22.8 Å². The molecule has 1 aromatic carbocycles. The van der Waals surface area contributed by atoms with Gasteiger partial charge >= 0.3 is 0 Å². The summed E-state index contributed by atoms with van der Waals surface area (Å²) in [6.45, 7) is 4.97. The van der Waals surface area contributed by atoms with Gasteiger partial charge in [-0.05, 0) is 38.6 Å². The number of nitrogens with zero attached hydrogens (tertiary/aromatic N) is 1. The van der Waals surface area contributed by atoms with E-state index in [0.717, 1.165) is 23.3 Å². The molecule has 1 aromatic rings. The van der Waals surface area contributed by atoms with Gasteiger partial charge in [0.25, 0.3) is 0 Å². The Morgan fingerprint density at radius 2 is 2.05 bits per heavy atom. The van der Waals surface area contributed by atoms with Crippen molar-refractivity contribution in [2.45, 2.75) is 38.1 Å². The van der Waals surface area contributed by atoms with Crippen LogP contribution in [0.25, 0.3) is 0 Å². The Bertz CT molecular complexity index is 630. The topological polar surface area (TPSA) is 46.6 Å². The van der Waals surface area contributed by atoms with Crippen LogP contribution in [0.3, 0.4) is 0 Å². The molecular weight excluding hydrogens is 310 g/mol. The fourth-order valence-electron chi connectivity index (χ4n) is 2.59. The van der Waals surface area contributed by atoms with Gasteiger partial charge in [0.1, 0.15) is 5.75 Å². The zero-order valence-corrected chi connectivity index (χ0v) is 14.5. The molecule has 1 aliphatic heterocycles. The van der Waals surface area contributed by atoms with Gasteiger partial charge in [-0.25, -0.2) is 8.42 Å². The van der Waals surface area contributed by atoms with Crippen LogP contribution in [0.5, 0.6) is 5.75 Å². The van der Waals surface area contributed by atoms with Gasteiger partial charge in [0.15, 0.2) is 9.84 Å². The lowest BCUT2D eigenvalue weighted by Gasteiger charge is -2.29. The summed E-state index contributed by atoms with van der Waals surface area (Å²) in [5.74, 6) is 0.908. The highest BCUT2D eigenvalue weighted by molar-refractivity contribution is 7.91. The molecule has 0 spiro atoms. The van der Waals surface area contributed by atoms with Crippen molar-refractivity contribution in [3.05, 3.63) is 28.3 Å². The van der Waals surface area contributed by atoms with Crippen molar-refractivity contribution in [1.29, 1.82) is 0 Å². The second kappa shape index (κ2) is 6.15. The van der Waals surface area contributed by atoms with Crippen LogP contribution >= 0.6 is 11.6 Å². The normalized spacial score (nSPS) is 17.4. The number of benzene rings is 1. The summed E-state index contributed by atoms with van der Waals surface area (Å²) in [7, 11) is -1.13. The second-order valence-corrected chi connectivity index (χ2v) is 8.68. The molecule has 0 unspecified atom stereocenters. The Kier molecular flexibility index (Phi) is 4.85. The van der Waals surface area contributed by atoms with Gasteiger partial charge in [-0.3, -0.25) is 4.90 Å². The van der Waals surface area contributed by atoms with E-state index in [-0.39, 0.29) is 6.04 Å². The average Bonchev–Trinajstić information content (AvgIpc) is 2.83. The minimum Gasteiger partial charge on any atom is -0.493 e. The maximum absolute atomic E-state index is 11.7. The number of halogens is 1. The minimum atomic E-state index is -3.06. The third-order valence-corrected chi connectivity index (χ3v) is 6.26. The van der Waals surface area contributed by atoms with E-state index in [1.54, 1.807) is 6.92 Å². The predicted molar refractivity (Wildman–Crippen MR) is 85.9 cm³/mol. The molecule has 0 N–H and O–H groups in total. The first-order valence-electron chi connectivity index (χ1n) is 7.03. The maximum Gasteiger partial charge on any atom is 0.151 e. The lowest BCUT2D eigenvalue weighted by molar-refractivity contribution is 0.240. The molecule has 1 heterocycles. The monoisotopic (exact) mass is 331 g/mol. The summed E-state index contributed by atoms with van der Waals surface area (Å²) in [5.41, 5.74) is 2.15. The molecular formula is C15H22ClNO3S. The van der Waals surface area contributed by atoms with Crippen LogP contribution < -0.4 is 4.74 Å². The predicted octanol–water partition coefficient (Wildman–Crippen LogP) is 2.53. The van der Waals surface area contributed by atoms with Crippen molar-refractivity contribution < 1.29 is 13.2 Å². The van der Waals surface area contributed by atoms with Crippen LogP contribution in [-0.4, -0.2) is 44.5 Å². The summed E-state index contributed by atoms with van der Waals surface area (Å²) in [6.07, 6.45) is 2.16. The molecule has 0 aromatic heterocycles. The summed E-state index contributed by atoms with van der Waals surface area (Å²) in [5, 5.41) is 0.280. The molecule has 0 bridgehead atoms. The molecule has 0 saturated heterocycles. The lowest BCUT2D eigenvalue weighted by atomic mass is 10.1. The Hall–Kier alpha value is -0.780. The average molecular weight is 332 g/mol. The molecule has 2 rings (SSSR count). The van der Waals surface area contributed by atoms with Crippen molar-refractivity contribution >= 4 is 21.4 Å². The SMILES string of the molecule is C[C@H]([C@H](C)S(C)(=O)=O)N(C)Cc1cc(Cl)cc2c1OCC2. The van der Waals surface area contributed by atoms with E-state index >= 15 is 0 Å². The first-order chi connectivity index (χ1) is 9.70. The minimum absolute atomic E-state index is 0.0870. The van der Waals surface area contributed by atoms with Gasteiger partial charge in [-0.15, -0.1) is 0 Å². The first kappa shape index (κ1) is 16.6. The molecule has 21 heavy (non-hydrogen) atoms. The fourth-order valence-corrected chi connectivity index (χ4v) is 3.78. The largest absolute Gasteiger partial charge is 0.493 e. The number of rotatable bonds is 5. The van der Waals surface area contributed by atoms with Gasteiger partial charge in [0.05, 0.1) is 11.9 Å². The number of hydrogen-bond donors (Lipinski definition) is 0. The molecule has 0 saturated carbocycles. The summed E-state index contributed by atoms with van der Waals surface area (Å²) in [6, 6.07) is 3.76. The molecule has 1 aliphatic rings. The highest BCUT2D eigenvalue weighted by Gasteiger charge is 2.27. The van der Waals surface area contributed by atoms with E-state index < -0.39 is 15.1 Å². The molecule has 0 fully saturated rings. The highest BCUT2D eigenvalue weighted by Crippen LogP contribution is 2.33. The van der Waals surface area contributed by atoms with Gasteiger partial charge in [0, 0.05) is 35.8 Å². The smallest absolute Gasteiger partial charge is 0.151 e. The van der Waals surface area contributed by atoms with E-state index in [9.17, 15) is 8.42 Å². The molecule has 118 valence electrons. The standard InChI is InChI=1S/C15H22ClNO3S/c1-10(11(2)21(4,18)19)17(3)9-13-8-14(16)7-12-5-6-20-15(12)13/h7-8,10-11H,5-6,9H2,1-4H3/t10-,11+/m1/s1. The van der Waals surface area contributed by atoms with Crippen LogP contribution in [0, 0.1) is 0 Å². The summed E-state index contributed by atoms with van der Waals surface area (Å²) >= 11 is 6.16. The third-order valence-electron chi connectivity index (χ3n) is 4.30. The fraction of sp³-hybridized carbons (Fsp3) is 0.600. The van der Waals surface area contributed by atoms with Gasteiger partial charge in [-0.1, -0.05) is 11.6 Å². The van der Waals surface area contributed by atoms with Gasteiger partial charge in [0.2, 0.25) is 0 Å². The van der Waals surface area contributed by atoms with Crippen molar-refractivity contribution in [3.63, 3.8) is 0 Å². The summed E-state index contributed by atoms with van der Waals surface area (Å²) in [4.78, 5) is 2.03. The lowest BCUT2D eigenvalue weighted by Crippen LogP contribution is -2.40. The Morgan fingerprint density at radius 1 is 1.38 bits per heavy atom. The van der Waals surface area contributed by atoms with E-state index in [1.165, 1.54) is 6.26 Å².